The predicted octanol–water partition coefficient (Wildman–Crippen LogP) is 2.93. The van der Waals surface area contributed by atoms with Gasteiger partial charge in [-0.05, 0) is 31.5 Å². The third-order valence-corrected chi connectivity index (χ3v) is 2.74. The highest BCUT2D eigenvalue weighted by molar-refractivity contribution is 5.35. The highest BCUT2D eigenvalue weighted by atomic mass is 16.5. The molecule has 0 saturated carbocycles. The Morgan fingerprint density at radius 2 is 2.06 bits per heavy atom. The van der Waals surface area contributed by atoms with Crippen LogP contribution >= 0.6 is 0 Å². The molecule has 2 aromatic rings. The van der Waals surface area contributed by atoms with Crippen LogP contribution in [0.2, 0.25) is 0 Å². The molecule has 17 heavy (non-hydrogen) atoms. The molecule has 2 N–H and O–H groups in total. The number of aryl methyl sites for hydroxylation is 2. The van der Waals surface area contributed by atoms with Crippen LogP contribution in [0.15, 0.2) is 34.9 Å². The standard InChI is InChI=1S/C14H17NO2/c1-10-3-4-13(11(2)7-10)17-9-12-5-6-16-14(12)8-15/h3-7H,8-9,15H2,1-2H3. The molecule has 0 amide bonds. The van der Waals surface area contributed by atoms with Crippen LogP contribution in [-0.2, 0) is 13.2 Å². The molecular weight excluding hydrogens is 214 g/mol. The fourth-order valence-electron chi connectivity index (χ4n) is 1.79. The summed E-state index contributed by atoms with van der Waals surface area (Å²) >= 11 is 0. The monoisotopic (exact) mass is 231 g/mol. The summed E-state index contributed by atoms with van der Waals surface area (Å²) in [6, 6.07) is 8.04. The molecule has 0 fully saturated rings. The van der Waals surface area contributed by atoms with Crippen molar-refractivity contribution in [3.8, 4) is 5.75 Å². The number of ether oxygens (including phenoxy) is 1. The SMILES string of the molecule is Cc1ccc(OCc2ccoc2CN)c(C)c1. The minimum Gasteiger partial charge on any atom is -0.489 e. The van der Waals surface area contributed by atoms with E-state index >= 15 is 0 Å². The average Bonchev–Trinajstić information content (AvgIpc) is 2.75. The first-order valence-electron chi connectivity index (χ1n) is 5.66. The van der Waals surface area contributed by atoms with E-state index in [-0.39, 0.29) is 0 Å². The van der Waals surface area contributed by atoms with Gasteiger partial charge >= 0.3 is 0 Å². The molecular formula is C14H17NO2. The molecule has 0 bridgehead atoms. The number of benzene rings is 1. The van der Waals surface area contributed by atoms with Gasteiger partial charge in [-0.2, -0.15) is 0 Å². The summed E-state index contributed by atoms with van der Waals surface area (Å²) in [6.07, 6.45) is 1.64. The maximum absolute atomic E-state index is 5.76. The van der Waals surface area contributed by atoms with Crippen LogP contribution in [0.1, 0.15) is 22.5 Å². The van der Waals surface area contributed by atoms with Crippen LogP contribution < -0.4 is 10.5 Å². The Bertz CT molecular complexity index is 503. The molecule has 2 rings (SSSR count). The summed E-state index contributed by atoms with van der Waals surface area (Å²) in [4.78, 5) is 0. The van der Waals surface area contributed by atoms with Crippen molar-refractivity contribution in [1.82, 2.24) is 0 Å². The molecule has 0 unspecified atom stereocenters. The Balaban J connectivity index is 2.07. The largest absolute Gasteiger partial charge is 0.489 e. The van der Waals surface area contributed by atoms with Gasteiger partial charge in [0, 0.05) is 5.56 Å². The van der Waals surface area contributed by atoms with E-state index in [4.69, 9.17) is 14.9 Å². The Morgan fingerprint density at radius 1 is 1.24 bits per heavy atom. The van der Waals surface area contributed by atoms with Crippen molar-refractivity contribution in [3.63, 3.8) is 0 Å². The van der Waals surface area contributed by atoms with E-state index in [2.05, 4.69) is 13.0 Å². The third-order valence-electron chi connectivity index (χ3n) is 2.74. The first kappa shape index (κ1) is 11.7. The number of hydrogen-bond acceptors (Lipinski definition) is 3. The quantitative estimate of drug-likeness (QED) is 0.880. The minimum absolute atomic E-state index is 0.401. The Hall–Kier alpha value is -1.74. The lowest BCUT2D eigenvalue weighted by Gasteiger charge is -2.09. The van der Waals surface area contributed by atoms with Crippen molar-refractivity contribution in [1.29, 1.82) is 0 Å². The van der Waals surface area contributed by atoms with Gasteiger partial charge in [-0.3, -0.25) is 0 Å². The van der Waals surface area contributed by atoms with Gasteiger partial charge in [0.1, 0.15) is 18.1 Å². The van der Waals surface area contributed by atoms with Crippen molar-refractivity contribution in [3.05, 3.63) is 53.0 Å². The van der Waals surface area contributed by atoms with Gasteiger partial charge in [-0.25, -0.2) is 0 Å². The van der Waals surface area contributed by atoms with Gasteiger partial charge < -0.3 is 14.9 Å². The Morgan fingerprint density at radius 3 is 2.76 bits per heavy atom. The molecule has 0 aliphatic rings. The molecule has 1 aromatic carbocycles. The highest BCUT2D eigenvalue weighted by Gasteiger charge is 2.06. The molecule has 3 nitrogen and oxygen atoms in total. The molecule has 0 spiro atoms. The van der Waals surface area contributed by atoms with Crippen molar-refractivity contribution in [2.45, 2.75) is 27.0 Å². The van der Waals surface area contributed by atoms with Gasteiger partial charge in [0.25, 0.3) is 0 Å². The van der Waals surface area contributed by atoms with Crippen LogP contribution in [-0.4, -0.2) is 0 Å². The topological polar surface area (TPSA) is 48.4 Å². The van der Waals surface area contributed by atoms with Crippen LogP contribution in [0.4, 0.5) is 0 Å². The van der Waals surface area contributed by atoms with Gasteiger partial charge in [0.2, 0.25) is 0 Å². The zero-order valence-corrected chi connectivity index (χ0v) is 10.2. The van der Waals surface area contributed by atoms with Crippen LogP contribution in [0, 0.1) is 13.8 Å². The number of nitrogens with two attached hydrogens (primary N) is 1. The second kappa shape index (κ2) is 5.06. The second-order valence-electron chi connectivity index (χ2n) is 4.13. The van der Waals surface area contributed by atoms with Gasteiger partial charge in [0.05, 0.1) is 12.8 Å². The van der Waals surface area contributed by atoms with Crippen LogP contribution in [0.3, 0.4) is 0 Å². The van der Waals surface area contributed by atoms with Crippen molar-refractivity contribution < 1.29 is 9.15 Å². The Kier molecular flexibility index (Phi) is 3.49. The van der Waals surface area contributed by atoms with E-state index in [1.54, 1.807) is 6.26 Å². The summed E-state index contributed by atoms with van der Waals surface area (Å²) in [7, 11) is 0. The molecule has 90 valence electrons. The predicted molar refractivity (Wildman–Crippen MR) is 66.8 cm³/mol. The summed E-state index contributed by atoms with van der Waals surface area (Å²) in [5.41, 5.74) is 8.95. The molecule has 1 heterocycles. The number of rotatable bonds is 4. The van der Waals surface area contributed by atoms with Gasteiger partial charge in [-0.1, -0.05) is 17.7 Å². The van der Waals surface area contributed by atoms with E-state index in [0.717, 1.165) is 22.6 Å². The second-order valence-corrected chi connectivity index (χ2v) is 4.13. The molecule has 0 saturated heterocycles. The normalized spacial score (nSPS) is 10.5. The fraction of sp³-hybridized carbons (Fsp3) is 0.286. The van der Waals surface area contributed by atoms with Crippen molar-refractivity contribution in [2.24, 2.45) is 5.73 Å². The minimum atomic E-state index is 0.401. The van der Waals surface area contributed by atoms with Crippen LogP contribution in [0.25, 0.3) is 0 Å². The molecule has 0 atom stereocenters. The summed E-state index contributed by atoms with van der Waals surface area (Å²) < 4.78 is 11.0. The van der Waals surface area contributed by atoms with Gasteiger partial charge in [0.15, 0.2) is 0 Å². The lowest BCUT2D eigenvalue weighted by atomic mass is 10.1. The third kappa shape index (κ3) is 2.68. The lowest BCUT2D eigenvalue weighted by molar-refractivity contribution is 0.300. The van der Waals surface area contributed by atoms with Crippen molar-refractivity contribution in [2.75, 3.05) is 0 Å². The number of furan rings is 1. The number of hydrogen-bond donors (Lipinski definition) is 1. The molecule has 3 heteroatoms. The molecule has 0 aliphatic heterocycles. The molecule has 0 radical (unpaired) electrons. The molecule has 0 aliphatic carbocycles. The van der Waals surface area contributed by atoms with E-state index in [0.29, 0.717) is 13.2 Å². The fourth-order valence-corrected chi connectivity index (χ4v) is 1.79. The van der Waals surface area contributed by atoms with Crippen LogP contribution in [0.5, 0.6) is 5.75 Å². The Labute approximate surface area is 101 Å². The maximum atomic E-state index is 5.76. The zero-order chi connectivity index (χ0) is 12.3. The summed E-state index contributed by atoms with van der Waals surface area (Å²) in [6.45, 7) is 5.01. The maximum Gasteiger partial charge on any atom is 0.123 e. The van der Waals surface area contributed by atoms with Gasteiger partial charge in [-0.15, -0.1) is 0 Å². The highest BCUT2D eigenvalue weighted by Crippen LogP contribution is 2.21. The average molecular weight is 231 g/mol. The summed E-state index contributed by atoms with van der Waals surface area (Å²) in [5.74, 6) is 1.69. The summed E-state index contributed by atoms with van der Waals surface area (Å²) in [5, 5.41) is 0. The lowest BCUT2D eigenvalue weighted by Crippen LogP contribution is -2.02. The van der Waals surface area contributed by atoms with E-state index < -0.39 is 0 Å². The van der Waals surface area contributed by atoms with Crippen molar-refractivity contribution >= 4 is 0 Å². The first-order valence-corrected chi connectivity index (χ1v) is 5.66. The smallest absolute Gasteiger partial charge is 0.123 e. The first-order chi connectivity index (χ1) is 8.20. The van der Waals surface area contributed by atoms with E-state index in [1.165, 1.54) is 5.56 Å². The van der Waals surface area contributed by atoms with E-state index in [1.807, 2.05) is 25.1 Å². The van der Waals surface area contributed by atoms with E-state index in [9.17, 15) is 0 Å². The zero-order valence-electron chi connectivity index (χ0n) is 10.2. The molecule has 1 aromatic heterocycles.